The number of carbonyl (C=O) groups excluding carboxylic acids is 1. The third kappa shape index (κ3) is 1.58. The highest BCUT2D eigenvalue weighted by molar-refractivity contribution is 6.03. The minimum Gasteiger partial charge on any atom is -0.396 e. The summed E-state index contributed by atoms with van der Waals surface area (Å²) < 4.78 is 0. The van der Waals surface area contributed by atoms with Crippen molar-refractivity contribution in [3.05, 3.63) is 12.2 Å². The van der Waals surface area contributed by atoms with Gasteiger partial charge in [-0.3, -0.25) is 4.79 Å². The maximum absolute atomic E-state index is 13.0. The van der Waals surface area contributed by atoms with Gasteiger partial charge < -0.3 is 5.11 Å². The van der Waals surface area contributed by atoms with Gasteiger partial charge in [-0.15, -0.1) is 0 Å². The molecule has 2 nitrogen and oxygen atoms in total. The average molecular weight is 302 g/mol. The lowest BCUT2D eigenvalue weighted by molar-refractivity contribution is -0.168. The topological polar surface area (TPSA) is 37.3 Å². The Morgan fingerprint density at radius 2 is 1.91 bits per heavy atom. The van der Waals surface area contributed by atoms with Crippen LogP contribution in [-0.2, 0) is 4.79 Å². The molecule has 0 aromatic carbocycles. The van der Waals surface area contributed by atoms with Gasteiger partial charge in [0.2, 0.25) is 0 Å². The van der Waals surface area contributed by atoms with E-state index in [1.54, 1.807) is 0 Å². The van der Waals surface area contributed by atoms with E-state index in [1.807, 2.05) is 0 Å². The number of aliphatic hydroxyl groups excluding tert-OH is 1. The lowest BCUT2D eigenvalue weighted by Crippen LogP contribution is -2.58. The fourth-order valence-corrected chi connectivity index (χ4v) is 7.44. The summed E-state index contributed by atoms with van der Waals surface area (Å²) in [6.07, 6.45) is 9.19. The van der Waals surface area contributed by atoms with Crippen molar-refractivity contribution in [3.63, 3.8) is 0 Å². The first kappa shape index (κ1) is 14.9. The second-order valence-electron chi connectivity index (χ2n) is 9.30. The van der Waals surface area contributed by atoms with E-state index in [-0.39, 0.29) is 16.2 Å². The molecule has 4 rings (SSSR count). The van der Waals surface area contributed by atoms with Gasteiger partial charge in [0.1, 0.15) is 0 Å². The Hall–Kier alpha value is -0.630. The molecule has 1 spiro atoms. The summed E-state index contributed by atoms with van der Waals surface area (Å²) in [4.78, 5) is 13.0. The van der Waals surface area contributed by atoms with Crippen LogP contribution >= 0.6 is 0 Å². The molecule has 0 aliphatic heterocycles. The van der Waals surface area contributed by atoms with Crippen molar-refractivity contribution in [1.82, 2.24) is 0 Å². The first-order valence-electron chi connectivity index (χ1n) is 9.22. The van der Waals surface area contributed by atoms with E-state index in [1.165, 1.54) is 19.3 Å². The quantitative estimate of drug-likeness (QED) is 0.740. The number of rotatable bonds is 1. The van der Waals surface area contributed by atoms with Gasteiger partial charge in [0.05, 0.1) is 0 Å². The Kier molecular flexibility index (Phi) is 3.03. The Morgan fingerprint density at radius 3 is 2.64 bits per heavy atom. The zero-order valence-corrected chi connectivity index (χ0v) is 14.2. The summed E-state index contributed by atoms with van der Waals surface area (Å²) in [6.45, 7) is 9.18. The number of allylic oxidation sites excluding steroid dienone is 1. The maximum Gasteiger partial charge on any atom is 0.165 e. The molecule has 2 heteroatoms. The number of hydrogen-bond donors (Lipinski definition) is 1. The smallest absolute Gasteiger partial charge is 0.165 e. The summed E-state index contributed by atoms with van der Waals surface area (Å²) >= 11 is 0. The monoisotopic (exact) mass is 302 g/mol. The van der Waals surface area contributed by atoms with Gasteiger partial charge in [0.15, 0.2) is 5.78 Å². The molecule has 0 aromatic rings. The molecular formula is C20H30O2. The lowest BCUT2D eigenvalue weighted by atomic mass is 9.41. The van der Waals surface area contributed by atoms with E-state index < -0.39 is 0 Å². The van der Waals surface area contributed by atoms with Crippen molar-refractivity contribution in [2.45, 2.75) is 65.2 Å². The number of fused-ring (bicyclic) bond motifs is 3. The molecule has 22 heavy (non-hydrogen) atoms. The zero-order chi connectivity index (χ0) is 15.8. The van der Waals surface area contributed by atoms with E-state index in [4.69, 9.17) is 0 Å². The van der Waals surface area contributed by atoms with Crippen molar-refractivity contribution in [2.24, 2.45) is 34.0 Å². The zero-order valence-electron chi connectivity index (χ0n) is 14.2. The van der Waals surface area contributed by atoms with E-state index in [0.29, 0.717) is 30.1 Å². The average Bonchev–Trinajstić information content (AvgIpc) is 2.68. The van der Waals surface area contributed by atoms with Crippen LogP contribution in [0.5, 0.6) is 0 Å². The summed E-state index contributed by atoms with van der Waals surface area (Å²) in [5, 5.41) is 10.0. The highest BCUT2D eigenvalue weighted by Crippen LogP contribution is 2.70. The summed E-state index contributed by atoms with van der Waals surface area (Å²) in [5.74, 6) is 1.98. The fraction of sp³-hybridized carbons (Fsp3) is 0.850. The van der Waals surface area contributed by atoms with E-state index in [9.17, 15) is 9.90 Å². The van der Waals surface area contributed by atoms with E-state index in [2.05, 4.69) is 20.4 Å². The Labute approximate surface area is 134 Å². The van der Waals surface area contributed by atoms with Gasteiger partial charge in [-0.05, 0) is 79.1 Å². The lowest BCUT2D eigenvalue weighted by Gasteiger charge is -2.63. The molecular weight excluding hydrogens is 272 g/mol. The third-order valence-electron chi connectivity index (χ3n) is 8.46. The summed E-state index contributed by atoms with van der Waals surface area (Å²) in [7, 11) is 0. The van der Waals surface area contributed by atoms with Crippen LogP contribution in [0.4, 0.5) is 0 Å². The molecule has 0 heterocycles. The standard InChI is InChI=1S/C20H30O2/c1-13-14-5-6-16-19(3)9-4-8-18(2,12-21)15(19)7-10-20(16,11-14)17(13)22/h14-16,21H,1,4-12H2,2-3H3/t14-,15+,16-,18-,19-,20-/m1/s1. The minimum atomic E-state index is -0.0844. The molecule has 0 unspecified atom stereocenters. The van der Waals surface area contributed by atoms with Crippen molar-refractivity contribution >= 4 is 5.78 Å². The molecule has 0 amide bonds. The maximum atomic E-state index is 13.0. The number of carbonyl (C=O) groups is 1. The predicted molar refractivity (Wildman–Crippen MR) is 87.3 cm³/mol. The number of Topliss-reactive ketones (excluding diaryl/α,β-unsaturated/α-hetero) is 1. The van der Waals surface area contributed by atoms with Crippen molar-refractivity contribution in [2.75, 3.05) is 6.61 Å². The summed E-state index contributed by atoms with van der Waals surface area (Å²) in [6, 6.07) is 0. The van der Waals surface area contributed by atoms with E-state index >= 15 is 0 Å². The van der Waals surface area contributed by atoms with Gasteiger partial charge in [-0.1, -0.05) is 26.8 Å². The molecule has 6 atom stereocenters. The molecule has 122 valence electrons. The largest absolute Gasteiger partial charge is 0.396 e. The number of hydrogen-bond acceptors (Lipinski definition) is 2. The SMILES string of the molecule is C=C1C(=O)[C@@]23CC[C@H]4[C@@](C)(CO)CCC[C@@]4(C)[C@H]2CC[C@@H]1C3. The van der Waals surface area contributed by atoms with Crippen LogP contribution in [-0.4, -0.2) is 17.5 Å². The van der Waals surface area contributed by atoms with Gasteiger partial charge in [-0.2, -0.15) is 0 Å². The second-order valence-corrected chi connectivity index (χ2v) is 9.30. The molecule has 4 fully saturated rings. The van der Waals surface area contributed by atoms with Gasteiger partial charge in [-0.25, -0.2) is 0 Å². The van der Waals surface area contributed by atoms with Crippen LogP contribution in [0.2, 0.25) is 0 Å². The molecule has 4 aliphatic rings. The number of aliphatic hydroxyl groups is 1. The molecule has 2 bridgehead atoms. The number of ketones is 1. The second kappa shape index (κ2) is 4.47. The van der Waals surface area contributed by atoms with Crippen LogP contribution in [0.15, 0.2) is 12.2 Å². The van der Waals surface area contributed by atoms with Gasteiger partial charge in [0.25, 0.3) is 0 Å². The Balaban J connectivity index is 1.78. The highest BCUT2D eigenvalue weighted by atomic mass is 16.3. The first-order valence-corrected chi connectivity index (χ1v) is 9.22. The Morgan fingerprint density at radius 1 is 1.14 bits per heavy atom. The normalized spacial score (nSPS) is 54.0. The minimum absolute atomic E-state index is 0.0596. The Bertz CT molecular complexity index is 538. The van der Waals surface area contributed by atoms with Gasteiger partial charge in [0, 0.05) is 12.0 Å². The van der Waals surface area contributed by atoms with E-state index in [0.717, 1.165) is 37.7 Å². The van der Waals surface area contributed by atoms with Gasteiger partial charge >= 0.3 is 0 Å². The summed E-state index contributed by atoms with van der Waals surface area (Å²) in [5.41, 5.74) is 1.15. The van der Waals surface area contributed by atoms with Crippen molar-refractivity contribution in [1.29, 1.82) is 0 Å². The molecule has 0 radical (unpaired) electrons. The van der Waals surface area contributed by atoms with Crippen molar-refractivity contribution < 1.29 is 9.90 Å². The van der Waals surface area contributed by atoms with Crippen LogP contribution in [0, 0.1) is 34.0 Å². The van der Waals surface area contributed by atoms with Crippen LogP contribution in [0.3, 0.4) is 0 Å². The molecule has 0 saturated heterocycles. The van der Waals surface area contributed by atoms with Crippen LogP contribution < -0.4 is 0 Å². The molecule has 1 N–H and O–H groups in total. The molecule has 0 aromatic heterocycles. The predicted octanol–water partition coefficient (Wildman–Crippen LogP) is 4.13. The first-order chi connectivity index (χ1) is 10.4. The van der Waals surface area contributed by atoms with Crippen LogP contribution in [0.1, 0.15) is 65.2 Å². The molecule has 4 saturated carbocycles. The fourth-order valence-electron chi connectivity index (χ4n) is 7.44. The van der Waals surface area contributed by atoms with Crippen molar-refractivity contribution in [3.8, 4) is 0 Å². The third-order valence-corrected chi connectivity index (χ3v) is 8.46. The van der Waals surface area contributed by atoms with Crippen LogP contribution in [0.25, 0.3) is 0 Å². The molecule has 4 aliphatic carbocycles. The highest BCUT2D eigenvalue weighted by Gasteiger charge is 2.66.